The third-order valence-corrected chi connectivity index (χ3v) is 5.81. The average molecular weight is 305 g/mol. The second-order valence-electron chi connectivity index (χ2n) is 7.00. The van der Waals surface area contributed by atoms with E-state index in [2.05, 4.69) is 17.9 Å². The van der Waals surface area contributed by atoms with Gasteiger partial charge in [0, 0.05) is 32.2 Å². The lowest BCUT2D eigenvalue weighted by Gasteiger charge is -2.34. The van der Waals surface area contributed by atoms with Crippen LogP contribution in [0.5, 0.6) is 0 Å². The van der Waals surface area contributed by atoms with Crippen molar-refractivity contribution >= 4 is 5.91 Å². The summed E-state index contributed by atoms with van der Waals surface area (Å²) < 4.78 is 5.45. The Morgan fingerprint density at radius 3 is 2.55 bits per heavy atom. The van der Waals surface area contributed by atoms with Crippen LogP contribution >= 0.6 is 0 Å². The molecule has 0 bridgehead atoms. The van der Waals surface area contributed by atoms with Crippen molar-refractivity contribution in [1.82, 2.24) is 9.80 Å². The monoisotopic (exact) mass is 305 g/mol. The maximum Gasteiger partial charge on any atom is 0.243 e. The van der Waals surface area contributed by atoms with E-state index in [1.165, 1.54) is 0 Å². The Kier molecular flexibility index (Phi) is 4.70. The zero-order valence-electron chi connectivity index (χ0n) is 13.6. The zero-order valence-corrected chi connectivity index (χ0v) is 13.6. The van der Waals surface area contributed by atoms with Crippen molar-refractivity contribution in [3.63, 3.8) is 0 Å². The van der Waals surface area contributed by atoms with E-state index in [0.29, 0.717) is 12.0 Å². The van der Waals surface area contributed by atoms with Crippen LogP contribution in [-0.2, 0) is 9.53 Å². The minimum absolute atomic E-state index is 0.0988. The fourth-order valence-electron chi connectivity index (χ4n) is 4.40. The lowest BCUT2D eigenvalue weighted by Crippen LogP contribution is -2.48. The molecule has 2 saturated heterocycles. The van der Waals surface area contributed by atoms with Gasteiger partial charge in [0.05, 0.1) is 19.3 Å². The number of hydrogen-bond acceptors (Lipinski definition) is 4. The van der Waals surface area contributed by atoms with Gasteiger partial charge in [0.1, 0.15) is 5.41 Å². The normalized spacial score (nSPS) is 32.1. The molecule has 0 aromatic rings. The van der Waals surface area contributed by atoms with Crippen LogP contribution in [0.2, 0.25) is 0 Å². The molecular formula is C17H27N3O2. The summed E-state index contributed by atoms with van der Waals surface area (Å²) in [4.78, 5) is 17.4. The standard InChI is InChI=1S/C17H27N3O2/c1-2-14-11-20(12-15(14)19-7-9-22-10-8-19)16(21)17(13-18)5-3-4-6-17/h14-15H,2-12H2,1H3/t14-,15-/m0/s1. The van der Waals surface area contributed by atoms with Gasteiger partial charge < -0.3 is 9.64 Å². The van der Waals surface area contributed by atoms with Crippen molar-refractivity contribution in [3.05, 3.63) is 0 Å². The summed E-state index contributed by atoms with van der Waals surface area (Å²) in [5.74, 6) is 0.626. The molecule has 5 nitrogen and oxygen atoms in total. The van der Waals surface area contributed by atoms with E-state index in [9.17, 15) is 10.1 Å². The summed E-state index contributed by atoms with van der Waals surface area (Å²) in [7, 11) is 0. The van der Waals surface area contributed by atoms with E-state index in [-0.39, 0.29) is 5.91 Å². The fraction of sp³-hybridized carbons (Fsp3) is 0.882. The number of ether oxygens (including phenoxy) is 1. The van der Waals surface area contributed by atoms with Gasteiger partial charge in [0.15, 0.2) is 0 Å². The molecular weight excluding hydrogens is 278 g/mol. The Bertz CT molecular complexity index is 447. The first-order chi connectivity index (χ1) is 10.7. The number of likely N-dealkylation sites (tertiary alicyclic amines) is 1. The minimum atomic E-state index is -0.724. The second-order valence-corrected chi connectivity index (χ2v) is 7.00. The van der Waals surface area contributed by atoms with Crippen molar-refractivity contribution < 1.29 is 9.53 Å². The quantitative estimate of drug-likeness (QED) is 0.795. The number of amides is 1. The van der Waals surface area contributed by atoms with E-state index in [4.69, 9.17) is 4.74 Å². The average Bonchev–Trinajstić information content (AvgIpc) is 3.22. The molecule has 5 heteroatoms. The molecule has 0 unspecified atom stereocenters. The van der Waals surface area contributed by atoms with Crippen molar-refractivity contribution in [2.45, 2.75) is 45.1 Å². The van der Waals surface area contributed by atoms with Crippen molar-refractivity contribution in [2.24, 2.45) is 11.3 Å². The number of morpholine rings is 1. The topological polar surface area (TPSA) is 56.6 Å². The summed E-state index contributed by atoms with van der Waals surface area (Å²) in [5, 5.41) is 9.56. The highest BCUT2D eigenvalue weighted by Crippen LogP contribution is 2.40. The first kappa shape index (κ1) is 15.8. The second kappa shape index (κ2) is 6.55. The molecule has 0 radical (unpaired) electrons. The van der Waals surface area contributed by atoms with Gasteiger partial charge >= 0.3 is 0 Å². The van der Waals surface area contributed by atoms with Crippen LogP contribution in [0.25, 0.3) is 0 Å². The Morgan fingerprint density at radius 1 is 1.27 bits per heavy atom. The van der Waals surface area contributed by atoms with Gasteiger partial charge in [-0.1, -0.05) is 26.2 Å². The van der Waals surface area contributed by atoms with Crippen molar-refractivity contribution in [2.75, 3.05) is 39.4 Å². The van der Waals surface area contributed by atoms with Gasteiger partial charge in [-0.05, 0) is 18.8 Å². The van der Waals surface area contributed by atoms with Crippen LogP contribution in [0.3, 0.4) is 0 Å². The van der Waals surface area contributed by atoms with Crippen molar-refractivity contribution in [3.8, 4) is 6.07 Å². The summed E-state index contributed by atoms with van der Waals surface area (Å²) in [6, 6.07) is 2.80. The first-order valence-electron chi connectivity index (χ1n) is 8.72. The minimum Gasteiger partial charge on any atom is -0.379 e. The molecule has 22 heavy (non-hydrogen) atoms. The van der Waals surface area contributed by atoms with Crippen LogP contribution in [0.1, 0.15) is 39.0 Å². The van der Waals surface area contributed by atoms with Crippen LogP contribution < -0.4 is 0 Å². The van der Waals surface area contributed by atoms with E-state index in [1.807, 2.05) is 4.90 Å². The van der Waals surface area contributed by atoms with Gasteiger partial charge in [-0.15, -0.1) is 0 Å². The first-order valence-corrected chi connectivity index (χ1v) is 8.72. The smallest absolute Gasteiger partial charge is 0.243 e. The Labute approximate surface area is 133 Å². The van der Waals surface area contributed by atoms with Gasteiger partial charge in [0.25, 0.3) is 0 Å². The Balaban J connectivity index is 1.70. The summed E-state index contributed by atoms with van der Waals surface area (Å²) >= 11 is 0. The van der Waals surface area contributed by atoms with Crippen LogP contribution in [-0.4, -0.2) is 61.1 Å². The molecule has 0 N–H and O–H groups in total. The lowest BCUT2D eigenvalue weighted by molar-refractivity contribution is -0.138. The molecule has 2 heterocycles. The molecule has 0 spiro atoms. The molecule has 3 aliphatic rings. The number of hydrogen-bond donors (Lipinski definition) is 0. The number of nitriles is 1. The van der Waals surface area contributed by atoms with E-state index in [0.717, 1.165) is 71.5 Å². The van der Waals surface area contributed by atoms with E-state index >= 15 is 0 Å². The number of carbonyl (C=O) groups excluding carboxylic acids is 1. The van der Waals surface area contributed by atoms with Crippen molar-refractivity contribution in [1.29, 1.82) is 5.26 Å². The predicted octanol–water partition coefficient (Wildman–Crippen LogP) is 1.64. The third kappa shape index (κ3) is 2.75. The van der Waals surface area contributed by atoms with Crippen LogP contribution in [0.15, 0.2) is 0 Å². The number of carbonyl (C=O) groups is 1. The predicted molar refractivity (Wildman–Crippen MR) is 83.1 cm³/mol. The molecule has 3 rings (SSSR count). The largest absolute Gasteiger partial charge is 0.379 e. The van der Waals surface area contributed by atoms with Gasteiger partial charge in [0.2, 0.25) is 5.91 Å². The molecule has 3 fully saturated rings. The molecule has 1 aliphatic carbocycles. The van der Waals surface area contributed by atoms with Gasteiger partial charge in [-0.2, -0.15) is 5.26 Å². The molecule has 122 valence electrons. The summed E-state index contributed by atoms with van der Waals surface area (Å²) in [5.41, 5.74) is -0.724. The maximum absolute atomic E-state index is 13.0. The number of rotatable bonds is 3. The molecule has 0 aromatic carbocycles. The maximum atomic E-state index is 13.0. The van der Waals surface area contributed by atoms with E-state index < -0.39 is 5.41 Å². The van der Waals surface area contributed by atoms with Gasteiger partial charge in [-0.3, -0.25) is 9.69 Å². The van der Waals surface area contributed by atoms with Crippen LogP contribution in [0, 0.1) is 22.7 Å². The highest BCUT2D eigenvalue weighted by atomic mass is 16.5. The third-order valence-electron chi connectivity index (χ3n) is 5.81. The molecule has 1 amide bonds. The lowest BCUT2D eigenvalue weighted by atomic mass is 9.86. The van der Waals surface area contributed by atoms with Gasteiger partial charge in [-0.25, -0.2) is 0 Å². The SMILES string of the molecule is CC[C@H]1CN(C(=O)C2(C#N)CCCC2)C[C@@H]1N1CCOCC1. The molecule has 2 aliphatic heterocycles. The highest BCUT2D eigenvalue weighted by Gasteiger charge is 2.47. The fourth-order valence-corrected chi connectivity index (χ4v) is 4.40. The zero-order chi connectivity index (χ0) is 15.6. The Morgan fingerprint density at radius 2 is 1.95 bits per heavy atom. The van der Waals surface area contributed by atoms with Crippen LogP contribution in [0.4, 0.5) is 0 Å². The summed E-state index contributed by atoms with van der Waals surface area (Å²) in [6.07, 6.45) is 4.61. The number of nitrogens with zero attached hydrogens (tertiary/aromatic N) is 3. The molecule has 1 saturated carbocycles. The Hall–Kier alpha value is -1.12. The van der Waals surface area contributed by atoms with E-state index in [1.54, 1.807) is 0 Å². The highest BCUT2D eigenvalue weighted by molar-refractivity contribution is 5.86. The summed E-state index contributed by atoms with van der Waals surface area (Å²) in [6.45, 7) is 7.34. The molecule has 2 atom stereocenters. The molecule has 0 aromatic heterocycles.